The molecule has 1 saturated heterocycles. The topological polar surface area (TPSA) is 37.3 Å². The average molecular weight is 449 g/mol. The van der Waals surface area contributed by atoms with Crippen LogP contribution in [0.3, 0.4) is 0 Å². The molecule has 5 rings (SSSR count). The van der Waals surface area contributed by atoms with Crippen LogP contribution in [0.2, 0.25) is 0 Å². The fourth-order valence-corrected chi connectivity index (χ4v) is 6.19. The Bertz CT molecular complexity index is 1250. The molecule has 1 fully saturated rings. The smallest absolute Gasteiger partial charge is 0.171 e. The van der Waals surface area contributed by atoms with Crippen LogP contribution in [0.25, 0.3) is 6.08 Å². The second kappa shape index (κ2) is 9.22. The highest BCUT2D eigenvalue weighted by Crippen LogP contribution is 2.62. The molecular formula is C30H24O2S. The van der Waals surface area contributed by atoms with Gasteiger partial charge in [0.25, 0.3) is 0 Å². The second-order valence-electron chi connectivity index (χ2n) is 8.21. The van der Waals surface area contributed by atoms with E-state index in [9.17, 15) is 9.90 Å². The van der Waals surface area contributed by atoms with E-state index in [0.717, 1.165) is 21.6 Å². The van der Waals surface area contributed by atoms with Crippen LogP contribution in [0.1, 0.15) is 32.3 Å². The third-order valence-corrected chi connectivity index (χ3v) is 7.64. The van der Waals surface area contributed by atoms with Crippen LogP contribution >= 0.6 is 11.8 Å². The highest BCUT2D eigenvalue weighted by atomic mass is 32.2. The standard InChI is InChI=1S/C30H24O2S/c31-28(23-15-7-2-8-16-23)27-29(24-17-9-3-10-18-24)33-26(21-22-13-5-1-6-14-22)30(27,32)25-19-11-4-12-20-25/h1-21,27,29,32H. The van der Waals surface area contributed by atoms with Crippen molar-refractivity contribution in [3.8, 4) is 0 Å². The maximum Gasteiger partial charge on any atom is 0.171 e. The van der Waals surface area contributed by atoms with E-state index in [0.29, 0.717) is 5.56 Å². The first-order chi connectivity index (χ1) is 16.2. The number of hydrogen-bond donors (Lipinski definition) is 1. The molecule has 0 amide bonds. The molecule has 2 nitrogen and oxygen atoms in total. The summed E-state index contributed by atoms with van der Waals surface area (Å²) in [5.41, 5.74) is 1.91. The van der Waals surface area contributed by atoms with Gasteiger partial charge in [-0.2, -0.15) is 0 Å². The molecule has 1 heterocycles. The molecule has 3 unspecified atom stereocenters. The van der Waals surface area contributed by atoms with Gasteiger partial charge < -0.3 is 5.11 Å². The molecule has 1 N–H and O–H groups in total. The number of hydrogen-bond acceptors (Lipinski definition) is 3. The molecule has 4 aromatic rings. The van der Waals surface area contributed by atoms with Crippen molar-refractivity contribution in [3.63, 3.8) is 0 Å². The lowest BCUT2D eigenvalue weighted by Crippen LogP contribution is -2.39. The summed E-state index contributed by atoms with van der Waals surface area (Å²) < 4.78 is 0. The van der Waals surface area contributed by atoms with Crippen LogP contribution in [-0.2, 0) is 5.60 Å². The van der Waals surface area contributed by atoms with Gasteiger partial charge in [0.1, 0.15) is 5.60 Å². The number of aliphatic hydroxyl groups is 1. The summed E-state index contributed by atoms with van der Waals surface area (Å²) in [7, 11) is 0. The van der Waals surface area contributed by atoms with Gasteiger partial charge in [-0.15, -0.1) is 11.8 Å². The molecule has 0 radical (unpaired) electrons. The van der Waals surface area contributed by atoms with Gasteiger partial charge in [0.05, 0.1) is 5.92 Å². The van der Waals surface area contributed by atoms with Crippen molar-refractivity contribution in [2.75, 3.05) is 0 Å². The van der Waals surface area contributed by atoms with Gasteiger partial charge in [0.2, 0.25) is 0 Å². The normalized spacial score (nSPS) is 23.5. The SMILES string of the molecule is O=C(c1ccccc1)C1C(c2ccccc2)SC(=Cc2ccccc2)C1(O)c1ccccc1. The minimum Gasteiger partial charge on any atom is -0.379 e. The fourth-order valence-electron chi connectivity index (χ4n) is 4.54. The number of carbonyl (C=O) groups excluding carboxylic acids is 1. The van der Waals surface area contributed by atoms with E-state index < -0.39 is 11.5 Å². The maximum absolute atomic E-state index is 14.0. The largest absolute Gasteiger partial charge is 0.379 e. The third-order valence-electron chi connectivity index (χ3n) is 6.16. The van der Waals surface area contributed by atoms with E-state index >= 15 is 0 Å². The van der Waals surface area contributed by atoms with Crippen molar-refractivity contribution in [2.24, 2.45) is 5.92 Å². The first kappa shape index (κ1) is 21.4. The zero-order valence-electron chi connectivity index (χ0n) is 18.0. The predicted octanol–water partition coefficient (Wildman–Crippen LogP) is 6.90. The van der Waals surface area contributed by atoms with Crippen molar-refractivity contribution < 1.29 is 9.90 Å². The first-order valence-corrected chi connectivity index (χ1v) is 11.9. The Morgan fingerprint density at radius 2 is 1.24 bits per heavy atom. The van der Waals surface area contributed by atoms with E-state index in [2.05, 4.69) is 0 Å². The minimum absolute atomic E-state index is 0.0558. The molecule has 0 saturated carbocycles. The minimum atomic E-state index is -1.45. The lowest BCUT2D eigenvalue weighted by atomic mass is 9.73. The van der Waals surface area contributed by atoms with E-state index in [4.69, 9.17) is 0 Å². The Kier molecular flexibility index (Phi) is 5.99. The predicted molar refractivity (Wildman–Crippen MR) is 136 cm³/mol. The molecule has 3 heteroatoms. The highest BCUT2D eigenvalue weighted by molar-refractivity contribution is 8.03. The summed E-state index contributed by atoms with van der Waals surface area (Å²) in [6, 6.07) is 38.9. The van der Waals surface area contributed by atoms with Crippen LogP contribution in [-0.4, -0.2) is 10.9 Å². The lowest BCUT2D eigenvalue weighted by Gasteiger charge is -2.32. The van der Waals surface area contributed by atoms with Gasteiger partial charge in [-0.05, 0) is 22.8 Å². The molecule has 1 aliphatic heterocycles. The molecule has 33 heavy (non-hydrogen) atoms. The molecule has 0 aromatic heterocycles. The monoisotopic (exact) mass is 448 g/mol. The van der Waals surface area contributed by atoms with Crippen LogP contribution in [0.5, 0.6) is 0 Å². The molecule has 0 spiro atoms. The summed E-state index contributed by atoms with van der Waals surface area (Å²) >= 11 is 1.58. The molecule has 0 bridgehead atoms. The van der Waals surface area contributed by atoms with E-state index in [1.807, 2.05) is 127 Å². The van der Waals surface area contributed by atoms with Gasteiger partial charge in [-0.25, -0.2) is 0 Å². The van der Waals surface area contributed by atoms with Gasteiger partial charge in [0, 0.05) is 15.7 Å². The van der Waals surface area contributed by atoms with Crippen molar-refractivity contribution in [1.29, 1.82) is 0 Å². The van der Waals surface area contributed by atoms with Crippen molar-refractivity contribution >= 4 is 23.6 Å². The number of thioether (sulfide) groups is 1. The van der Waals surface area contributed by atoms with E-state index in [1.165, 1.54) is 0 Å². The second-order valence-corrected chi connectivity index (χ2v) is 9.39. The zero-order valence-corrected chi connectivity index (χ0v) is 18.9. The van der Waals surface area contributed by atoms with Crippen molar-refractivity contribution in [2.45, 2.75) is 10.9 Å². The molecule has 1 aliphatic rings. The van der Waals surface area contributed by atoms with Crippen LogP contribution < -0.4 is 0 Å². The Morgan fingerprint density at radius 3 is 1.85 bits per heavy atom. The fraction of sp³-hybridized carbons (Fsp3) is 0.100. The third kappa shape index (κ3) is 4.06. The van der Waals surface area contributed by atoms with Crippen molar-refractivity contribution in [3.05, 3.63) is 148 Å². The van der Waals surface area contributed by atoms with Crippen molar-refractivity contribution in [1.82, 2.24) is 0 Å². The Morgan fingerprint density at radius 1 is 0.727 bits per heavy atom. The molecule has 3 atom stereocenters. The van der Waals surface area contributed by atoms with Gasteiger partial charge in [-0.3, -0.25) is 4.79 Å². The number of ketones is 1. The number of benzene rings is 4. The van der Waals surface area contributed by atoms with Crippen LogP contribution in [0.15, 0.2) is 126 Å². The first-order valence-electron chi connectivity index (χ1n) is 11.0. The van der Waals surface area contributed by atoms with E-state index in [1.54, 1.807) is 11.8 Å². The van der Waals surface area contributed by atoms with Crippen LogP contribution in [0, 0.1) is 5.92 Å². The summed E-state index contributed by atoms with van der Waals surface area (Å²) in [5.74, 6) is -0.732. The lowest BCUT2D eigenvalue weighted by molar-refractivity contribution is 0.0265. The van der Waals surface area contributed by atoms with Crippen LogP contribution in [0.4, 0.5) is 0 Å². The molecular weight excluding hydrogens is 424 g/mol. The summed E-state index contributed by atoms with van der Waals surface area (Å²) in [5, 5.41) is 12.3. The van der Waals surface area contributed by atoms with Gasteiger partial charge in [-0.1, -0.05) is 121 Å². The summed E-state index contributed by atoms with van der Waals surface area (Å²) in [6.07, 6.45) is 2.02. The van der Waals surface area contributed by atoms with Gasteiger partial charge in [0.15, 0.2) is 5.78 Å². The quantitative estimate of drug-likeness (QED) is 0.337. The number of Topliss-reactive ketones (excluding diaryl/α,β-unsaturated/α-hetero) is 1. The Labute approximate surface area is 198 Å². The number of rotatable bonds is 5. The molecule has 4 aromatic carbocycles. The molecule has 162 valence electrons. The zero-order chi connectivity index (χ0) is 22.7. The Hall–Kier alpha value is -3.40. The maximum atomic E-state index is 14.0. The molecule has 0 aliphatic carbocycles. The average Bonchev–Trinajstić information content (AvgIpc) is 3.18. The summed E-state index contributed by atoms with van der Waals surface area (Å²) in [6.45, 7) is 0. The summed E-state index contributed by atoms with van der Waals surface area (Å²) in [4.78, 5) is 14.8. The number of carbonyl (C=O) groups is 1. The Balaban J connectivity index is 1.73. The highest BCUT2D eigenvalue weighted by Gasteiger charge is 2.56. The van der Waals surface area contributed by atoms with Gasteiger partial charge >= 0.3 is 0 Å². The van der Waals surface area contributed by atoms with E-state index in [-0.39, 0.29) is 11.0 Å².